The van der Waals surface area contributed by atoms with Gasteiger partial charge in [-0.1, -0.05) is 49.1 Å². The van der Waals surface area contributed by atoms with Crippen molar-refractivity contribution in [1.29, 1.82) is 0 Å². The van der Waals surface area contributed by atoms with Gasteiger partial charge in [-0.05, 0) is 31.4 Å². The van der Waals surface area contributed by atoms with Gasteiger partial charge >= 0.3 is 0 Å². The van der Waals surface area contributed by atoms with Crippen LogP contribution in [0.15, 0.2) is 42.6 Å². The highest BCUT2D eigenvalue weighted by Gasteiger charge is 2.41. The van der Waals surface area contributed by atoms with Crippen molar-refractivity contribution < 1.29 is 9.53 Å². The zero-order valence-corrected chi connectivity index (χ0v) is 14.3. The molecule has 1 aromatic carbocycles. The van der Waals surface area contributed by atoms with E-state index in [2.05, 4.69) is 35.4 Å². The molecule has 1 heterocycles. The van der Waals surface area contributed by atoms with Crippen LogP contribution in [0.25, 0.3) is 0 Å². The Morgan fingerprint density at radius 3 is 2.58 bits per heavy atom. The highest BCUT2D eigenvalue weighted by molar-refractivity contribution is 5.99. The first-order valence-electron chi connectivity index (χ1n) is 8.53. The van der Waals surface area contributed by atoms with Crippen LogP contribution < -0.4 is 10.1 Å². The van der Waals surface area contributed by atoms with Crippen LogP contribution in [0.1, 0.15) is 43.2 Å². The van der Waals surface area contributed by atoms with Crippen molar-refractivity contribution in [2.45, 2.75) is 44.4 Å². The molecule has 0 bridgehead atoms. The molecule has 1 fully saturated rings. The van der Waals surface area contributed by atoms with Crippen LogP contribution in [0.4, 0.5) is 5.69 Å². The van der Waals surface area contributed by atoms with Gasteiger partial charge in [-0.3, -0.25) is 4.79 Å². The maximum Gasteiger partial charge on any atom is 0.235 e. The predicted octanol–water partition coefficient (Wildman–Crippen LogP) is 4.24. The molecule has 4 heteroatoms. The molecule has 2 aromatic rings. The second-order valence-corrected chi connectivity index (χ2v) is 6.56. The van der Waals surface area contributed by atoms with Gasteiger partial charge in [0.2, 0.25) is 11.8 Å². The Morgan fingerprint density at radius 2 is 1.96 bits per heavy atom. The van der Waals surface area contributed by atoms with Gasteiger partial charge in [0.15, 0.2) is 0 Å². The molecule has 4 nitrogen and oxygen atoms in total. The van der Waals surface area contributed by atoms with E-state index in [-0.39, 0.29) is 5.91 Å². The van der Waals surface area contributed by atoms with E-state index in [1.165, 1.54) is 12.0 Å². The number of benzene rings is 1. The number of hydrogen-bond acceptors (Lipinski definition) is 3. The Kier molecular flexibility index (Phi) is 4.84. The average molecular weight is 324 g/mol. The number of nitrogens with one attached hydrogen (secondary N) is 1. The number of methoxy groups -OCH3 is 1. The van der Waals surface area contributed by atoms with Crippen molar-refractivity contribution in [3.63, 3.8) is 0 Å². The number of carbonyl (C=O) groups excluding carboxylic acids is 1. The number of ether oxygens (including phenoxy) is 1. The van der Waals surface area contributed by atoms with Crippen molar-refractivity contribution >= 4 is 11.6 Å². The summed E-state index contributed by atoms with van der Waals surface area (Å²) in [6.07, 6.45) is 6.80. The van der Waals surface area contributed by atoms with Gasteiger partial charge in [0.1, 0.15) is 0 Å². The number of anilines is 1. The van der Waals surface area contributed by atoms with E-state index in [1.807, 2.05) is 12.1 Å². The van der Waals surface area contributed by atoms with E-state index in [0.29, 0.717) is 11.6 Å². The van der Waals surface area contributed by atoms with Crippen LogP contribution in [0.3, 0.4) is 0 Å². The molecule has 0 saturated heterocycles. The summed E-state index contributed by atoms with van der Waals surface area (Å²) in [6.45, 7) is 2.07. The van der Waals surface area contributed by atoms with E-state index in [1.54, 1.807) is 19.4 Å². The maximum atomic E-state index is 13.2. The summed E-state index contributed by atoms with van der Waals surface area (Å²) in [6, 6.07) is 11.9. The molecule has 1 aliphatic rings. The fourth-order valence-corrected chi connectivity index (χ4v) is 3.57. The molecule has 0 radical (unpaired) electrons. The van der Waals surface area contributed by atoms with Crippen LogP contribution in [0, 0.1) is 6.92 Å². The molecule has 3 rings (SSSR count). The van der Waals surface area contributed by atoms with E-state index in [9.17, 15) is 4.79 Å². The fraction of sp³-hybridized carbons (Fsp3) is 0.400. The minimum absolute atomic E-state index is 0.0692. The Morgan fingerprint density at radius 1 is 1.17 bits per heavy atom. The zero-order valence-electron chi connectivity index (χ0n) is 14.3. The quantitative estimate of drug-likeness (QED) is 0.915. The fourth-order valence-electron chi connectivity index (χ4n) is 3.57. The van der Waals surface area contributed by atoms with Crippen molar-refractivity contribution in [2.24, 2.45) is 0 Å². The Balaban J connectivity index is 1.88. The molecule has 0 unspecified atom stereocenters. The van der Waals surface area contributed by atoms with E-state index >= 15 is 0 Å². The molecule has 1 aliphatic carbocycles. The smallest absolute Gasteiger partial charge is 0.235 e. The highest BCUT2D eigenvalue weighted by atomic mass is 16.5. The van der Waals surface area contributed by atoms with E-state index in [0.717, 1.165) is 31.2 Å². The Bertz CT molecular complexity index is 704. The van der Waals surface area contributed by atoms with Gasteiger partial charge in [0, 0.05) is 6.07 Å². The number of rotatable bonds is 4. The molecule has 0 spiro atoms. The monoisotopic (exact) mass is 324 g/mol. The molecule has 1 amide bonds. The zero-order chi connectivity index (χ0) is 17.0. The van der Waals surface area contributed by atoms with Gasteiger partial charge in [0.05, 0.1) is 24.4 Å². The molecular formula is C20H24N2O2. The lowest BCUT2D eigenvalue weighted by Gasteiger charge is -2.36. The second-order valence-electron chi connectivity index (χ2n) is 6.56. The molecule has 0 atom stereocenters. The molecule has 1 saturated carbocycles. The first-order valence-corrected chi connectivity index (χ1v) is 8.53. The summed E-state index contributed by atoms with van der Waals surface area (Å²) >= 11 is 0. The second kappa shape index (κ2) is 7.04. The van der Waals surface area contributed by atoms with E-state index < -0.39 is 5.41 Å². The molecule has 1 N–H and O–H groups in total. The van der Waals surface area contributed by atoms with Crippen molar-refractivity contribution in [3.05, 3.63) is 53.7 Å². The third-order valence-corrected chi connectivity index (χ3v) is 4.92. The van der Waals surface area contributed by atoms with Crippen LogP contribution >= 0.6 is 0 Å². The van der Waals surface area contributed by atoms with Gasteiger partial charge in [-0.2, -0.15) is 0 Å². The van der Waals surface area contributed by atoms with Crippen molar-refractivity contribution in [3.8, 4) is 5.88 Å². The van der Waals surface area contributed by atoms with Gasteiger partial charge < -0.3 is 10.1 Å². The summed E-state index contributed by atoms with van der Waals surface area (Å²) < 4.78 is 5.07. The molecule has 1 aromatic heterocycles. The Labute approximate surface area is 143 Å². The normalized spacial score (nSPS) is 16.4. The summed E-state index contributed by atoms with van der Waals surface area (Å²) in [5.74, 6) is 0.610. The third-order valence-electron chi connectivity index (χ3n) is 4.92. The maximum absolute atomic E-state index is 13.2. The predicted molar refractivity (Wildman–Crippen MR) is 95.4 cm³/mol. The lowest BCUT2D eigenvalue weighted by Crippen LogP contribution is -2.42. The minimum Gasteiger partial charge on any atom is -0.481 e. The Hall–Kier alpha value is -2.36. The number of aromatic nitrogens is 1. The summed E-state index contributed by atoms with van der Waals surface area (Å²) in [5.41, 5.74) is 2.58. The van der Waals surface area contributed by atoms with Crippen LogP contribution in [0.2, 0.25) is 0 Å². The van der Waals surface area contributed by atoms with Gasteiger partial charge in [-0.25, -0.2) is 4.98 Å². The van der Waals surface area contributed by atoms with Crippen molar-refractivity contribution in [1.82, 2.24) is 4.98 Å². The van der Waals surface area contributed by atoms with Gasteiger partial charge in [-0.15, -0.1) is 0 Å². The number of pyridine rings is 1. The molecular weight excluding hydrogens is 300 g/mol. The summed E-state index contributed by atoms with van der Waals surface area (Å²) in [7, 11) is 1.58. The summed E-state index contributed by atoms with van der Waals surface area (Å²) in [4.78, 5) is 17.4. The first-order chi connectivity index (χ1) is 11.6. The molecule has 24 heavy (non-hydrogen) atoms. The van der Waals surface area contributed by atoms with Crippen LogP contribution in [0.5, 0.6) is 5.88 Å². The first kappa shape index (κ1) is 16.5. The number of aryl methyl sites for hydroxylation is 1. The number of carbonyl (C=O) groups is 1. The minimum atomic E-state index is -0.440. The molecule has 0 aliphatic heterocycles. The topological polar surface area (TPSA) is 51.2 Å². The number of amides is 1. The number of nitrogens with zero attached hydrogens (tertiary/aromatic N) is 1. The van der Waals surface area contributed by atoms with Crippen molar-refractivity contribution in [2.75, 3.05) is 12.4 Å². The standard InChI is InChI=1S/C20H24N2O2/c1-15-7-6-8-16(13-15)20(11-4-3-5-12-20)19(23)22-17-9-10-18(24-2)21-14-17/h6-10,13-14H,3-5,11-12H2,1-2H3,(H,22,23). The highest BCUT2D eigenvalue weighted by Crippen LogP contribution is 2.40. The molecule has 126 valence electrons. The van der Waals surface area contributed by atoms with Crippen LogP contribution in [-0.4, -0.2) is 18.0 Å². The lowest BCUT2D eigenvalue weighted by molar-refractivity contribution is -0.122. The SMILES string of the molecule is COc1ccc(NC(=O)C2(c3cccc(C)c3)CCCCC2)cn1. The summed E-state index contributed by atoms with van der Waals surface area (Å²) in [5, 5.41) is 3.06. The lowest BCUT2D eigenvalue weighted by atomic mass is 9.68. The third kappa shape index (κ3) is 3.28. The van der Waals surface area contributed by atoms with Crippen LogP contribution in [-0.2, 0) is 10.2 Å². The van der Waals surface area contributed by atoms with Gasteiger partial charge in [0.25, 0.3) is 0 Å². The largest absolute Gasteiger partial charge is 0.481 e. The number of hydrogen-bond donors (Lipinski definition) is 1. The van der Waals surface area contributed by atoms with E-state index in [4.69, 9.17) is 4.74 Å². The average Bonchev–Trinajstić information content (AvgIpc) is 2.63.